The number of carboxylic acid groups (broad SMARTS) is 1. The number of nitrogens with zero attached hydrogens (tertiary/aromatic N) is 1. The third-order valence-corrected chi connectivity index (χ3v) is 5.50. The SMILES string of the molecule is O=C(O)C/C=C/CCOc1ccccc1CN(C(=O)c1ccc(-c2ccco2)cc1)C1CC1. The molecule has 1 fully saturated rings. The first-order valence-electron chi connectivity index (χ1n) is 11.1. The maximum Gasteiger partial charge on any atom is 0.307 e. The summed E-state index contributed by atoms with van der Waals surface area (Å²) in [6.45, 7) is 0.924. The van der Waals surface area contributed by atoms with Gasteiger partial charge in [0.1, 0.15) is 11.5 Å². The Labute approximate surface area is 193 Å². The van der Waals surface area contributed by atoms with E-state index >= 15 is 0 Å². The van der Waals surface area contributed by atoms with Gasteiger partial charge < -0.3 is 19.2 Å². The van der Waals surface area contributed by atoms with Crippen molar-refractivity contribution < 1.29 is 23.8 Å². The molecule has 1 saturated carbocycles. The fourth-order valence-corrected chi connectivity index (χ4v) is 3.64. The molecule has 0 saturated heterocycles. The number of carbonyl (C=O) groups excluding carboxylic acids is 1. The van der Waals surface area contributed by atoms with Gasteiger partial charge in [-0.2, -0.15) is 0 Å². The zero-order valence-corrected chi connectivity index (χ0v) is 18.4. The van der Waals surface area contributed by atoms with E-state index in [0.717, 1.165) is 35.5 Å². The van der Waals surface area contributed by atoms with E-state index in [1.54, 1.807) is 12.3 Å². The molecule has 3 aromatic rings. The van der Waals surface area contributed by atoms with E-state index in [4.69, 9.17) is 14.3 Å². The fourth-order valence-electron chi connectivity index (χ4n) is 3.64. The van der Waals surface area contributed by atoms with Crippen LogP contribution < -0.4 is 4.74 Å². The highest BCUT2D eigenvalue weighted by Crippen LogP contribution is 2.32. The van der Waals surface area contributed by atoms with Crippen LogP contribution >= 0.6 is 0 Å². The van der Waals surface area contributed by atoms with Gasteiger partial charge in [-0.15, -0.1) is 0 Å². The lowest BCUT2D eigenvalue weighted by Crippen LogP contribution is -2.32. The van der Waals surface area contributed by atoms with Gasteiger partial charge in [0.2, 0.25) is 0 Å². The number of rotatable bonds is 11. The number of aliphatic carboxylic acids is 1. The molecule has 1 heterocycles. The van der Waals surface area contributed by atoms with Crippen LogP contribution in [0.15, 0.2) is 83.5 Å². The van der Waals surface area contributed by atoms with Gasteiger partial charge in [-0.05, 0) is 49.6 Å². The van der Waals surface area contributed by atoms with Gasteiger partial charge in [-0.3, -0.25) is 9.59 Å². The van der Waals surface area contributed by atoms with Gasteiger partial charge in [0, 0.05) is 29.3 Å². The largest absolute Gasteiger partial charge is 0.493 e. The monoisotopic (exact) mass is 445 g/mol. The molecular formula is C27H27NO5. The lowest BCUT2D eigenvalue weighted by molar-refractivity contribution is -0.136. The number of ether oxygens (including phenoxy) is 1. The summed E-state index contributed by atoms with van der Waals surface area (Å²) in [6.07, 6.45) is 7.72. The van der Waals surface area contributed by atoms with Crippen molar-refractivity contribution in [1.29, 1.82) is 0 Å². The van der Waals surface area contributed by atoms with Gasteiger partial charge in [-0.1, -0.05) is 42.5 Å². The number of carbonyl (C=O) groups is 2. The third-order valence-electron chi connectivity index (χ3n) is 5.50. The highest BCUT2D eigenvalue weighted by Gasteiger charge is 2.33. The van der Waals surface area contributed by atoms with Gasteiger partial charge >= 0.3 is 5.97 Å². The Morgan fingerprint density at radius 2 is 1.82 bits per heavy atom. The Hall–Kier alpha value is -3.80. The molecule has 0 atom stereocenters. The highest BCUT2D eigenvalue weighted by atomic mass is 16.5. The molecule has 2 aromatic carbocycles. The molecule has 4 rings (SSSR count). The maximum atomic E-state index is 13.3. The molecule has 0 radical (unpaired) electrons. The maximum absolute atomic E-state index is 13.3. The van der Waals surface area contributed by atoms with Crippen molar-refractivity contribution in [3.63, 3.8) is 0 Å². The Bertz CT molecular complexity index is 1100. The Kier molecular flexibility index (Phi) is 7.25. The van der Waals surface area contributed by atoms with Gasteiger partial charge in [-0.25, -0.2) is 0 Å². The number of hydrogen-bond acceptors (Lipinski definition) is 4. The van der Waals surface area contributed by atoms with E-state index in [1.807, 2.05) is 71.6 Å². The Balaban J connectivity index is 1.41. The van der Waals surface area contributed by atoms with Crippen molar-refractivity contribution in [3.8, 4) is 17.1 Å². The third kappa shape index (κ3) is 6.13. The zero-order chi connectivity index (χ0) is 23.0. The van der Waals surface area contributed by atoms with Crippen LogP contribution in [0, 0.1) is 0 Å². The van der Waals surface area contributed by atoms with Crippen LogP contribution in [-0.4, -0.2) is 34.5 Å². The van der Waals surface area contributed by atoms with Gasteiger partial charge in [0.05, 0.1) is 19.3 Å². The predicted octanol–water partition coefficient (Wildman–Crippen LogP) is 5.55. The molecule has 170 valence electrons. The molecule has 0 bridgehead atoms. The first-order valence-corrected chi connectivity index (χ1v) is 11.1. The quantitative estimate of drug-likeness (QED) is 0.309. The topological polar surface area (TPSA) is 80.0 Å². The summed E-state index contributed by atoms with van der Waals surface area (Å²) in [5, 5.41) is 8.68. The Morgan fingerprint density at radius 3 is 2.52 bits per heavy atom. The van der Waals surface area contributed by atoms with Crippen LogP contribution in [0.1, 0.15) is 41.6 Å². The molecule has 1 amide bonds. The van der Waals surface area contributed by atoms with Gasteiger partial charge in [0.25, 0.3) is 5.91 Å². The Morgan fingerprint density at radius 1 is 1.03 bits per heavy atom. The molecule has 0 unspecified atom stereocenters. The van der Waals surface area contributed by atoms with Crippen LogP contribution in [0.4, 0.5) is 0 Å². The van der Waals surface area contributed by atoms with Crippen LogP contribution in [-0.2, 0) is 11.3 Å². The lowest BCUT2D eigenvalue weighted by Gasteiger charge is -2.24. The van der Waals surface area contributed by atoms with Crippen molar-refractivity contribution >= 4 is 11.9 Å². The summed E-state index contributed by atoms with van der Waals surface area (Å²) in [5.41, 5.74) is 2.55. The molecule has 6 heteroatoms. The van der Waals surface area contributed by atoms with Crippen molar-refractivity contribution in [2.24, 2.45) is 0 Å². The van der Waals surface area contributed by atoms with Gasteiger partial charge in [0.15, 0.2) is 0 Å². The number of furan rings is 1. The second kappa shape index (κ2) is 10.7. The van der Waals surface area contributed by atoms with E-state index in [9.17, 15) is 9.59 Å². The average molecular weight is 446 g/mol. The lowest BCUT2D eigenvalue weighted by atomic mass is 10.1. The molecule has 0 spiro atoms. The van der Waals surface area contributed by atoms with Crippen LogP contribution in [0.3, 0.4) is 0 Å². The summed E-state index contributed by atoms with van der Waals surface area (Å²) in [4.78, 5) is 25.8. The molecule has 6 nitrogen and oxygen atoms in total. The number of carboxylic acids is 1. The number of para-hydroxylation sites is 1. The smallest absolute Gasteiger partial charge is 0.307 e. The molecular weight excluding hydrogens is 418 g/mol. The number of hydrogen-bond donors (Lipinski definition) is 1. The van der Waals surface area contributed by atoms with Crippen molar-refractivity contribution in [1.82, 2.24) is 4.90 Å². The van der Waals surface area contributed by atoms with E-state index in [-0.39, 0.29) is 18.4 Å². The van der Waals surface area contributed by atoms with Crippen LogP contribution in [0.25, 0.3) is 11.3 Å². The van der Waals surface area contributed by atoms with E-state index in [0.29, 0.717) is 25.1 Å². The van der Waals surface area contributed by atoms with Crippen molar-refractivity contribution in [2.45, 2.75) is 38.3 Å². The van der Waals surface area contributed by atoms with E-state index in [2.05, 4.69) is 0 Å². The first kappa shape index (κ1) is 22.4. The average Bonchev–Trinajstić information content (AvgIpc) is 3.52. The van der Waals surface area contributed by atoms with Crippen LogP contribution in [0.5, 0.6) is 5.75 Å². The van der Waals surface area contributed by atoms with Crippen molar-refractivity contribution in [3.05, 3.63) is 90.2 Å². The standard InChI is InChI=1S/C27H27NO5/c29-26(30)10-2-1-5-17-32-25-8-4-3-7-22(25)19-28(23-15-16-23)27(31)21-13-11-20(12-14-21)24-9-6-18-33-24/h1-4,6-9,11-14,18,23H,5,10,15-17,19H2,(H,29,30)/b2-1+. The molecule has 1 aromatic heterocycles. The summed E-state index contributed by atoms with van der Waals surface area (Å²) in [7, 11) is 0. The fraction of sp³-hybridized carbons (Fsp3) is 0.259. The predicted molar refractivity (Wildman–Crippen MR) is 125 cm³/mol. The molecule has 0 aliphatic heterocycles. The molecule has 1 aliphatic rings. The minimum absolute atomic E-state index is 0.00917. The zero-order valence-electron chi connectivity index (χ0n) is 18.4. The van der Waals surface area contributed by atoms with Crippen LogP contribution in [0.2, 0.25) is 0 Å². The summed E-state index contributed by atoms with van der Waals surface area (Å²) in [6, 6.07) is 19.2. The minimum atomic E-state index is -0.849. The summed E-state index contributed by atoms with van der Waals surface area (Å²) >= 11 is 0. The summed E-state index contributed by atoms with van der Waals surface area (Å²) < 4.78 is 11.4. The number of benzene rings is 2. The molecule has 1 N–H and O–H groups in total. The van der Waals surface area contributed by atoms with E-state index < -0.39 is 5.97 Å². The molecule has 1 aliphatic carbocycles. The first-order chi connectivity index (χ1) is 16.1. The van der Waals surface area contributed by atoms with E-state index in [1.165, 1.54) is 0 Å². The summed E-state index contributed by atoms with van der Waals surface area (Å²) in [5.74, 6) is 0.681. The second-order valence-corrected chi connectivity index (χ2v) is 8.03. The second-order valence-electron chi connectivity index (χ2n) is 8.03. The number of amides is 1. The minimum Gasteiger partial charge on any atom is -0.493 e. The van der Waals surface area contributed by atoms with Crippen molar-refractivity contribution in [2.75, 3.05) is 6.61 Å². The normalized spacial score (nSPS) is 13.2. The highest BCUT2D eigenvalue weighted by molar-refractivity contribution is 5.95. The molecule has 33 heavy (non-hydrogen) atoms.